The van der Waals surface area contributed by atoms with Crippen LogP contribution in [0, 0.1) is 13.8 Å². The van der Waals surface area contributed by atoms with Crippen molar-refractivity contribution in [3.63, 3.8) is 0 Å². The zero-order valence-corrected chi connectivity index (χ0v) is 30.8. The minimum atomic E-state index is -5.46. The van der Waals surface area contributed by atoms with Crippen molar-refractivity contribution in [1.29, 1.82) is 0 Å². The fraction of sp³-hybridized carbons (Fsp3) is 0.190. The number of rotatable bonds is 4. The van der Waals surface area contributed by atoms with E-state index in [1.165, 1.54) is 26.0 Å². The second kappa shape index (κ2) is 14.2. The molecular formula is C42H20F18N2. The third-order valence-electron chi connectivity index (χ3n) is 9.70. The van der Waals surface area contributed by atoms with Gasteiger partial charge in [-0.15, -0.1) is 0 Å². The molecule has 2 aliphatic rings. The van der Waals surface area contributed by atoms with Crippen molar-refractivity contribution in [1.82, 2.24) is 0 Å². The first-order chi connectivity index (χ1) is 28.3. The first-order valence-electron chi connectivity index (χ1n) is 17.4. The average Bonchev–Trinajstić information content (AvgIpc) is 3.69. The summed E-state index contributed by atoms with van der Waals surface area (Å²) in [7, 11) is 0. The Hall–Kier alpha value is -6.08. The summed E-state index contributed by atoms with van der Waals surface area (Å²) in [6, 6.07) is 7.19. The van der Waals surface area contributed by atoms with E-state index in [1.807, 2.05) is 0 Å². The highest BCUT2D eigenvalue weighted by Crippen LogP contribution is 2.41. The quantitative estimate of drug-likeness (QED) is 0.161. The van der Waals surface area contributed by atoms with Crippen molar-refractivity contribution in [2.45, 2.75) is 50.9 Å². The van der Waals surface area contributed by atoms with E-state index in [2.05, 4.69) is 9.98 Å². The number of nitrogens with zero attached hydrogens (tertiary/aromatic N) is 2. The second-order valence-corrected chi connectivity index (χ2v) is 14.3. The van der Waals surface area contributed by atoms with E-state index in [9.17, 15) is 79.0 Å². The standard InChI is InChI=1S/C42H20F18N2/c1-17-3-19(7-23(5-17)37(43,44)45)33-29-15-31-32(16-30(29)34(61-33)20-4-18(2)6-24(8-20)38(46,47)48)36(22-11-27(41(55,56)57)14-28(12-22)42(58,59)60)62-35(31)21-9-25(39(49,50)51)13-26(10-21)40(52,53)54/h3-16H,1-2H3. The zero-order chi connectivity index (χ0) is 45.9. The molecule has 0 radical (unpaired) electrons. The molecule has 2 heterocycles. The van der Waals surface area contributed by atoms with Gasteiger partial charge in [-0.25, -0.2) is 9.98 Å². The number of benzene rings is 5. The average molecular weight is 895 g/mol. The van der Waals surface area contributed by atoms with Crippen LogP contribution >= 0.6 is 0 Å². The lowest BCUT2D eigenvalue weighted by Gasteiger charge is -2.15. The number of hydrogen-bond acceptors (Lipinski definition) is 2. The Kier molecular flexibility index (Phi) is 10.1. The maximum atomic E-state index is 14.1. The molecule has 7 rings (SSSR count). The van der Waals surface area contributed by atoms with Gasteiger partial charge in [-0.05, 0) is 110 Å². The van der Waals surface area contributed by atoms with E-state index < -0.39 is 115 Å². The van der Waals surface area contributed by atoms with Crippen LogP contribution in [-0.4, -0.2) is 11.4 Å². The summed E-state index contributed by atoms with van der Waals surface area (Å²) >= 11 is 0. The van der Waals surface area contributed by atoms with Gasteiger partial charge in [-0.3, -0.25) is 0 Å². The van der Waals surface area contributed by atoms with Crippen LogP contribution in [0.5, 0.6) is 0 Å². The molecular weight excluding hydrogens is 874 g/mol. The van der Waals surface area contributed by atoms with E-state index in [4.69, 9.17) is 0 Å². The highest BCUT2D eigenvalue weighted by Gasteiger charge is 2.41. The summed E-state index contributed by atoms with van der Waals surface area (Å²) < 4.78 is 253. The number of fused-ring (bicyclic) bond motifs is 2. The molecule has 0 aromatic heterocycles. The minimum Gasteiger partial charge on any atom is -0.246 e. The number of hydrogen-bond donors (Lipinski definition) is 0. The number of halogens is 18. The van der Waals surface area contributed by atoms with Crippen LogP contribution in [0.3, 0.4) is 0 Å². The van der Waals surface area contributed by atoms with Gasteiger partial charge in [0.15, 0.2) is 0 Å². The monoisotopic (exact) mass is 894 g/mol. The van der Waals surface area contributed by atoms with E-state index in [-0.39, 0.29) is 69.4 Å². The molecule has 0 atom stereocenters. The lowest BCUT2D eigenvalue weighted by atomic mass is 9.92. The fourth-order valence-electron chi connectivity index (χ4n) is 7.08. The summed E-state index contributed by atoms with van der Waals surface area (Å²) in [4.78, 5) is 8.46. The maximum absolute atomic E-state index is 14.1. The third-order valence-corrected chi connectivity index (χ3v) is 9.70. The van der Waals surface area contributed by atoms with Gasteiger partial charge in [0.25, 0.3) is 0 Å². The molecule has 324 valence electrons. The van der Waals surface area contributed by atoms with Crippen LogP contribution in [-0.2, 0) is 37.1 Å². The summed E-state index contributed by atoms with van der Waals surface area (Å²) in [5.41, 5.74) is -16.1. The first kappa shape index (κ1) is 44.0. The predicted molar refractivity (Wildman–Crippen MR) is 187 cm³/mol. The Morgan fingerprint density at radius 3 is 0.839 bits per heavy atom. The fourth-order valence-corrected chi connectivity index (χ4v) is 7.08. The molecule has 0 saturated heterocycles. The second-order valence-electron chi connectivity index (χ2n) is 14.3. The lowest BCUT2D eigenvalue weighted by Crippen LogP contribution is -2.24. The molecule has 0 unspecified atom stereocenters. The molecule has 2 aliphatic heterocycles. The molecule has 0 amide bonds. The van der Waals surface area contributed by atoms with Crippen LogP contribution in [0.25, 0.3) is 11.4 Å². The van der Waals surface area contributed by atoms with Crippen molar-refractivity contribution < 1.29 is 79.0 Å². The Labute approximate surface area is 335 Å². The topological polar surface area (TPSA) is 24.7 Å². The number of alkyl halides is 18. The molecule has 5 aromatic rings. The van der Waals surface area contributed by atoms with Gasteiger partial charge in [-0.2, -0.15) is 79.0 Å². The lowest BCUT2D eigenvalue weighted by molar-refractivity contribution is -0.144. The first-order valence-corrected chi connectivity index (χ1v) is 17.4. The predicted octanol–water partition coefficient (Wildman–Crippen LogP) is 12.4. The van der Waals surface area contributed by atoms with E-state index in [1.54, 1.807) is 0 Å². The van der Waals surface area contributed by atoms with Gasteiger partial charge in [0, 0.05) is 43.8 Å². The Balaban J connectivity index is 1.65. The minimum absolute atomic E-state index is 0.0184. The molecule has 62 heavy (non-hydrogen) atoms. The molecule has 20 heteroatoms. The Morgan fingerprint density at radius 1 is 0.290 bits per heavy atom. The third kappa shape index (κ3) is 8.42. The van der Waals surface area contributed by atoms with Gasteiger partial charge < -0.3 is 0 Å². The van der Waals surface area contributed by atoms with Crippen LogP contribution in [0.4, 0.5) is 79.0 Å². The largest absolute Gasteiger partial charge is 0.416 e. The van der Waals surface area contributed by atoms with Gasteiger partial charge in [0.2, 0.25) is 0 Å². The number of aliphatic imine (C=N–C) groups is 2. The molecule has 0 aliphatic carbocycles. The van der Waals surface area contributed by atoms with Crippen molar-refractivity contribution in [3.05, 3.63) is 173 Å². The van der Waals surface area contributed by atoms with Crippen molar-refractivity contribution >= 4 is 22.8 Å². The molecule has 2 nitrogen and oxygen atoms in total. The smallest absolute Gasteiger partial charge is 0.246 e. The van der Waals surface area contributed by atoms with Crippen LogP contribution in [0.1, 0.15) is 77.9 Å². The van der Waals surface area contributed by atoms with Crippen LogP contribution in [0.2, 0.25) is 0 Å². The summed E-state index contributed by atoms with van der Waals surface area (Å²) in [6.07, 6.45) is -31.8. The molecule has 5 aromatic carbocycles. The Morgan fingerprint density at radius 2 is 0.532 bits per heavy atom. The molecule has 0 bridgehead atoms. The van der Waals surface area contributed by atoms with E-state index in [0.29, 0.717) is 12.1 Å². The number of aryl methyl sites for hydroxylation is 2. The van der Waals surface area contributed by atoms with E-state index >= 15 is 0 Å². The summed E-state index contributed by atoms with van der Waals surface area (Å²) in [5, 5.41) is -0.820. The van der Waals surface area contributed by atoms with Crippen LogP contribution in [0.15, 0.2) is 94.9 Å². The van der Waals surface area contributed by atoms with Crippen molar-refractivity contribution in [2.24, 2.45) is 9.98 Å². The van der Waals surface area contributed by atoms with Gasteiger partial charge in [0.1, 0.15) is 0 Å². The van der Waals surface area contributed by atoms with Crippen molar-refractivity contribution in [2.75, 3.05) is 0 Å². The summed E-state index contributed by atoms with van der Waals surface area (Å²) in [6.45, 7) is 2.50. The SMILES string of the molecule is Cc1cc(C2=NC(c3cc(C)cc(C(F)(F)F)c3)=c3cc4c(cc32)=C(c2cc(C(F)(F)F)cc(C(F)(F)F)c2)N=C4c2cc(C(F)(F)F)cc(C(F)(F)F)c2)cc(C(F)(F)F)c1. The molecule has 0 spiro atoms. The van der Waals surface area contributed by atoms with Gasteiger partial charge >= 0.3 is 37.1 Å². The molecule has 0 saturated carbocycles. The van der Waals surface area contributed by atoms with E-state index in [0.717, 1.165) is 24.3 Å². The normalized spacial score (nSPS) is 14.9. The van der Waals surface area contributed by atoms with Crippen molar-refractivity contribution in [3.8, 4) is 0 Å². The maximum Gasteiger partial charge on any atom is 0.416 e. The highest BCUT2D eigenvalue weighted by molar-refractivity contribution is 6.21. The molecule has 0 N–H and O–H groups in total. The van der Waals surface area contributed by atoms with Gasteiger partial charge in [0.05, 0.1) is 56.2 Å². The Bertz CT molecular complexity index is 2820. The highest BCUT2D eigenvalue weighted by atomic mass is 19.4. The molecule has 0 fully saturated rings. The zero-order valence-electron chi connectivity index (χ0n) is 30.8. The summed E-state index contributed by atoms with van der Waals surface area (Å²) in [5.74, 6) is 0. The van der Waals surface area contributed by atoms with Crippen LogP contribution < -0.4 is 10.4 Å². The van der Waals surface area contributed by atoms with Gasteiger partial charge in [-0.1, -0.05) is 0 Å².